The molecule has 0 aliphatic carbocycles. The number of carbonyl (C=O) groups excluding carboxylic acids is 1. The standard InChI is InChI=1S/C14H22N4O2/c1-11-8-15-13(16-9-11)18-6-4-5-14(20,10-18)7-12(19)17(2)3/h8-9,20H,4-7,10H2,1-3H3. The van der Waals surface area contributed by atoms with E-state index in [0.717, 1.165) is 18.5 Å². The summed E-state index contributed by atoms with van der Waals surface area (Å²) in [6.07, 6.45) is 5.13. The van der Waals surface area contributed by atoms with Gasteiger partial charge in [-0.25, -0.2) is 9.97 Å². The summed E-state index contributed by atoms with van der Waals surface area (Å²) in [6.45, 7) is 3.14. The Bertz CT molecular complexity index is 475. The van der Waals surface area contributed by atoms with E-state index in [1.807, 2.05) is 11.8 Å². The van der Waals surface area contributed by atoms with E-state index in [9.17, 15) is 9.90 Å². The smallest absolute Gasteiger partial charge is 0.225 e. The number of β-amino-alcohol motifs (C(OH)–C–C–N with tert-alkyl or cyclic N) is 1. The van der Waals surface area contributed by atoms with Crippen molar-refractivity contribution in [3.05, 3.63) is 18.0 Å². The van der Waals surface area contributed by atoms with E-state index in [4.69, 9.17) is 0 Å². The monoisotopic (exact) mass is 278 g/mol. The number of amides is 1. The first kappa shape index (κ1) is 14.7. The van der Waals surface area contributed by atoms with Crippen LogP contribution < -0.4 is 4.90 Å². The van der Waals surface area contributed by atoms with Gasteiger partial charge < -0.3 is 14.9 Å². The predicted molar refractivity (Wildman–Crippen MR) is 76.5 cm³/mol. The number of anilines is 1. The van der Waals surface area contributed by atoms with Crippen LogP contribution in [-0.2, 0) is 4.79 Å². The molecule has 1 N–H and O–H groups in total. The van der Waals surface area contributed by atoms with Gasteiger partial charge in [-0.1, -0.05) is 0 Å². The lowest BCUT2D eigenvalue weighted by Crippen LogP contribution is -2.51. The van der Waals surface area contributed by atoms with Crippen molar-refractivity contribution in [1.29, 1.82) is 0 Å². The van der Waals surface area contributed by atoms with Crippen LogP contribution in [0.2, 0.25) is 0 Å². The number of piperidine rings is 1. The molecule has 1 aliphatic rings. The van der Waals surface area contributed by atoms with Crippen LogP contribution >= 0.6 is 0 Å². The lowest BCUT2D eigenvalue weighted by molar-refractivity contribution is -0.134. The quantitative estimate of drug-likeness (QED) is 0.876. The number of aryl methyl sites for hydroxylation is 1. The normalized spacial score (nSPS) is 22.7. The SMILES string of the molecule is Cc1cnc(N2CCCC(O)(CC(=O)N(C)C)C2)nc1. The zero-order valence-corrected chi connectivity index (χ0v) is 12.3. The Labute approximate surface area is 119 Å². The van der Waals surface area contributed by atoms with Crippen molar-refractivity contribution in [2.45, 2.75) is 31.8 Å². The van der Waals surface area contributed by atoms with Gasteiger partial charge >= 0.3 is 0 Å². The molecular weight excluding hydrogens is 256 g/mol. The van der Waals surface area contributed by atoms with Gasteiger partial charge in [-0.05, 0) is 25.3 Å². The highest BCUT2D eigenvalue weighted by Gasteiger charge is 2.36. The molecule has 110 valence electrons. The van der Waals surface area contributed by atoms with E-state index in [1.54, 1.807) is 26.5 Å². The van der Waals surface area contributed by atoms with Crippen LogP contribution in [0.5, 0.6) is 0 Å². The molecule has 0 aromatic carbocycles. The summed E-state index contributed by atoms with van der Waals surface area (Å²) in [4.78, 5) is 23.9. The summed E-state index contributed by atoms with van der Waals surface area (Å²) >= 11 is 0. The van der Waals surface area contributed by atoms with E-state index >= 15 is 0 Å². The molecule has 0 saturated carbocycles. The van der Waals surface area contributed by atoms with Crippen molar-refractivity contribution in [2.24, 2.45) is 0 Å². The highest BCUT2D eigenvalue weighted by molar-refractivity contribution is 5.76. The maximum absolute atomic E-state index is 11.8. The summed E-state index contributed by atoms with van der Waals surface area (Å²) in [6, 6.07) is 0. The summed E-state index contributed by atoms with van der Waals surface area (Å²) in [5.74, 6) is 0.560. The van der Waals surface area contributed by atoms with Crippen molar-refractivity contribution in [3.8, 4) is 0 Å². The van der Waals surface area contributed by atoms with Gasteiger partial charge in [-0.3, -0.25) is 4.79 Å². The van der Waals surface area contributed by atoms with Gasteiger partial charge in [-0.2, -0.15) is 0 Å². The zero-order chi connectivity index (χ0) is 14.8. The van der Waals surface area contributed by atoms with Crippen LogP contribution in [0.25, 0.3) is 0 Å². The van der Waals surface area contributed by atoms with Crippen LogP contribution in [0.1, 0.15) is 24.8 Å². The minimum absolute atomic E-state index is 0.0563. The first-order valence-electron chi connectivity index (χ1n) is 6.86. The fraction of sp³-hybridized carbons (Fsp3) is 0.643. The molecular formula is C14H22N4O2. The maximum Gasteiger partial charge on any atom is 0.225 e. The van der Waals surface area contributed by atoms with E-state index in [0.29, 0.717) is 18.9 Å². The Hall–Kier alpha value is -1.69. The van der Waals surface area contributed by atoms with Crippen LogP contribution in [0.3, 0.4) is 0 Å². The highest BCUT2D eigenvalue weighted by atomic mass is 16.3. The topological polar surface area (TPSA) is 69.6 Å². The Kier molecular flexibility index (Phi) is 4.23. The van der Waals surface area contributed by atoms with Crippen molar-refractivity contribution >= 4 is 11.9 Å². The minimum atomic E-state index is -0.992. The molecule has 1 aromatic heterocycles. The Morgan fingerprint density at radius 2 is 2.10 bits per heavy atom. The van der Waals surface area contributed by atoms with Gasteiger partial charge in [0, 0.05) is 33.0 Å². The first-order valence-corrected chi connectivity index (χ1v) is 6.86. The molecule has 1 aromatic rings. The van der Waals surface area contributed by atoms with Crippen LogP contribution in [0, 0.1) is 6.92 Å². The van der Waals surface area contributed by atoms with E-state index < -0.39 is 5.60 Å². The highest BCUT2D eigenvalue weighted by Crippen LogP contribution is 2.27. The molecule has 2 heterocycles. The third-order valence-corrected chi connectivity index (χ3v) is 3.58. The molecule has 1 atom stereocenters. The number of aromatic nitrogens is 2. The van der Waals surface area contributed by atoms with Gasteiger partial charge in [-0.15, -0.1) is 0 Å². The van der Waals surface area contributed by atoms with Crippen LogP contribution in [0.4, 0.5) is 5.95 Å². The molecule has 0 bridgehead atoms. The van der Waals surface area contributed by atoms with E-state index in [-0.39, 0.29) is 12.3 Å². The number of aliphatic hydroxyl groups is 1. The molecule has 6 nitrogen and oxygen atoms in total. The first-order chi connectivity index (χ1) is 9.39. The molecule has 1 saturated heterocycles. The Balaban J connectivity index is 2.07. The van der Waals surface area contributed by atoms with Crippen LogP contribution in [0.15, 0.2) is 12.4 Å². The summed E-state index contributed by atoms with van der Waals surface area (Å²) < 4.78 is 0. The van der Waals surface area contributed by atoms with Crippen molar-refractivity contribution < 1.29 is 9.90 Å². The second kappa shape index (κ2) is 5.75. The van der Waals surface area contributed by atoms with Crippen molar-refractivity contribution in [3.63, 3.8) is 0 Å². The summed E-state index contributed by atoms with van der Waals surface area (Å²) in [7, 11) is 3.41. The molecule has 1 fully saturated rings. The predicted octanol–water partition coefficient (Wildman–Crippen LogP) is 0.595. The Morgan fingerprint density at radius 1 is 1.45 bits per heavy atom. The lowest BCUT2D eigenvalue weighted by atomic mass is 9.89. The molecule has 1 amide bonds. The number of carbonyl (C=O) groups is 1. The van der Waals surface area contributed by atoms with Gasteiger partial charge in [0.05, 0.1) is 18.6 Å². The number of hydrogen-bond donors (Lipinski definition) is 1. The second-order valence-corrected chi connectivity index (χ2v) is 5.77. The third kappa shape index (κ3) is 3.45. The van der Waals surface area contributed by atoms with Gasteiger partial charge in [0.15, 0.2) is 0 Å². The largest absolute Gasteiger partial charge is 0.388 e. The van der Waals surface area contributed by atoms with Gasteiger partial charge in [0.2, 0.25) is 11.9 Å². The van der Waals surface area contributed by atoms with Crippen molar-refractivity contribution in [2.75, 3.05) is 32.1 Å². The summed E-state index contributed by atoms with van der Waals surface area (Å²) in [5, 5.41) is 10.6. The van der Waals surface area contributed by atoms with E-state index in [1.165, 1.54) is 4.90 Å². The number of hydrogen-bond acceptors (Lipinski definition) is 5. The minimum Gasteiger partial charge on any atom is -0.388 e. The molecule has 0 radical (unpaired) electrons. The third-order valence-electron chi connectivity index (χ3n) is 3.58. The molecule has 1 unspecified atom stereocenters. The van der Waals surface area contributed by atoms with Crippen molar-refractivity contribution in [1.82, 2.24) is 14.9 Å². The zero-order valence-electron chi connectivity index (χ0n) is 12.3. The molecule has 0 spiro atoms. The average molecular weight is 278 g/mol. The Morgan fingerprint density at radius 3 is 2.70 bits per heavy atom. The maximum atomic E-state index is 11.8. The van der Waals surface area contributed by atoms with Gasteiger partial charge in [0.25, 0.3) is 0 Å². The molecule has 1 aliphatic heterocycles. The number of nitrogens with zero attached hydrogens (tertiary/aromatic N) is 4. The molecule has 6 heteroatoms. The van der Waals surface area contributed by atoms with Crippen LogP contribution in [-0.4, -0.2) is 58.7 Å². The fourth-order valence-corrected chi connectivity index (χ4v) is 2.42. The summed E-state index contributed by atoms with van der Waals surface area (Å²) in [5.41, 5.74) is 0.0113. The van der Waals surface area contributed by atoms with E-state index in [2.05, 4.69) is 9.97 Å². The van der Waals surface area contributed by atoms with Gasteiger partial charge in [0.1, 0.15) is 0 Å². The second-order valence-electron chi connectivity index (χ2n) is 5.77. The average Bonchev–Trinajstić information content (AvgIpc) is 2.39. The molecule has 20 heavy (non-hydrogen) atoms. The fourth-order valence-electron chi connectivity index (χ4n) is 2.42. The number of rotatable bonds is 3. The lowest BCUT2D eigenvalue weighted by Gasteiger charge is -2.39. The molecule has 2 rings (SSSR count).